The molecule has 2 aromatic carbocycles. The Morgan fingerprint density at radius 3 is 2.56 bits per heavy atom. The largest absolute Gasteiger partial charge is 0.419 e. The van der Waals surface area contributed by atoms with Gasteiger partial charge in [-0.05, 0) is 37.4 Å². The Morgan fingerprint density at radius 2 is 1.85 bits per heavy atom. The summed E-state index contributed by atoms with van der Waals surface area (Å²) in [6, 6.07) is 13.1. The molecule has 0 atom stereocenters. The first kappa shape index (κ1) is 19.2. The van der Waals surface area contributed by atoms with E-state index in [1.165, 1.54) is 10.1 Å². The van der Waals surface area contributed by atoms with E-state index in [9.17, 15) is 9.59 Å². The summed E-state index contributed by atoms with van der Waals surface area (Å²) in [6.45, 7) is 1.59. The Morgan fingerprint density at radius 1 is 1.15 bits per heavy atom. The predicted molar refractivity (Wildman–Crippen MR) is 106 cm³/mol. The van der Waals surface area contributed by atoms with Gasteiger partial charge in [-0.15, -0.1) is 0 Å². The lowest BCUT2D eigenvalue weighted by molar-refractivity contribution is -0.121. The number of amides is 1. The maximum atomic E-state index is 12.1. The molecule has 0 spiro atoms. The topological polar surface area (TPSA) is 67.5 Å². The Labute approximate surface area is 162 Å². The lowest BCUT2D eigenvalue weighted by Crippen LogP contribution is -2.25. The molecule has 0 bridgehead atoms. The summed E-state index contributed by atoms with van der Waals surface area (Å²) in [5.74, 6) is -0.612. The van der Waals surface area contributed by atoms with E-state index < -0.39 is 5.76 Å². The number of hydrogen-bond acceptors (Lipinski definition) is 4. The summed E-state index contributed by atoms with van der Waals surface area (Å²) < 4.78 is 6.61. The fourth-order valence-corrected chi connectivity index (χ4v) is 3.04. The van der Waals surface area contributed by atoms with Crippen LogP contribution in [-0.2, 0) is 24.4 Å². The second-order valence-electron chi connectivity index (χ2n) is 6.71. The van der Waals surface area contributed by atoms with Gasteiger partial charge in [-0.2, -0.15) is 0 Å². The van der Waals surface area contributed by atoms with Gasteiger partial charge in [0.2, 0.25) is 5.91 Å². The van der Waals surface area contributed by atoms with Crippen LogP contribution in [0.1, 0.15) is 17.5 Å². The number of nitrogens with zero attached hydrogens (tertiary/aromatic N) is 2. The maximum Gasteiger partial charge on any atom is 0.419 e. The molecule has 0 unspecified atom stereocenters. The van der Waals surface area contributed by atoms with Gasteiger partial charge in [-0.1, -0.05) is 35.9 Å². The number of carbonyl (C=O) groups is 1. The van der Waals surface area contributed by atoms with Gasteiger partial charge in [-0.25, -0.2) is 4.79 Å². The fraction of sp³-hybridized carbons (Fsp3) is 0.300. The lowest BCUT2D eigenvalue weighted by Gasteiger charge is -2.10. The first-order chi connectivity index (χ1) is 12.9. The minimum atomic E-state index is -0.489. The van der Waals surface area contributed by atoms with Crippen molar-refractivity contribution in [3.63, 3.8) is 0 Å². The van der Waals surface area contributed by atoms with Crippen molar-refractivity contribution >= 4 is 28.6 Å². The van der Waals surface area contributed by atoms with E-state index in [-0.39, 0.29) is 18.9 Å². The predicted octanol–water partition coefficient (Wildman–Crippen LogP) is 3.02. The summed E-state index contributed by atoms with van der Waals surface area (Å²) in [6.07, 6.45) is 0.190. The third-order valence-corrected chi connectivity index (χ3v) is 4.44. The van der Waals surface area contributed by atoms with E-state index in [1.807, 2.05) is 26.2 Å². The van der Waals surface area contributed by atoms with Crippen molar-refractivity contribution in [2.45, 2.75) is 26.1 Å². The summed E-state index contributed by atoms with van der Waals surface area (Å²) in [5.41, 5.74) is 3.31. The van der Waals surface area contributed by atoms with Crippen molar-refractivity contribution in [3.8, 4) is 0 Å². The number of fused-ring (bicyclic) bond motifs is 1. The SMILES string of the molecule is CN(C)Cc1ccc(CNC(=O)CCn2c(=O)oc3cc(Cl)ccc32)cc1. The molecule has 0 radical (unpaired) electrons. The highest BCUT2D eigenvalue weighted by atomic mass is 35.5. The molecule has 7 heteroatoms. The van der Waals surface area contributed by atoms with Crippen LogP contribution in [0.3, 0.4) is 0 Å². The highest BCUT2D eigenvalue weighted by Crippen LogP contribution is 2.18. The van der Waals surface area contributed by atoms with Gasteiger partial charge in [0.05, 0.1) is 5.52 Å². The number of aryl methyl sites for hydroxylation is 1. The van der Waals surface area contributed by atoms with E-state index in [0.717, 1.165) is 12.1 Å². The van der Waals surface area contributed by atoms with Gasteiger partial charge in [0.15, 0.2) is 5.58 Å². The van der Waals surface area contributed by atoms with Crippen molar-refractivity contribution in [2.75, 3.05) is 14.1 Å². The van der Waals surface area contributed by atoms with Crippen LogP contribution >= 0.6 is 11.6 Å². The van der Waals surface area contributed by atoms with Crippen molar-refractivity contribution in [3.05, 3.63) is 69.2 Å². The highest BCUT2D eigenvalue weighted by Gasteiger charge is 2.11. The van der Waals surface area contributed by atoms with Crippen LogP contribution in [0.15, 0.2) is 51.7 Å². The quantitative estimate of drug-likeness (QED) is 0.676. The van der Waals surface area contributed by atoms with Crippen LogP contribution in [-0.4, -0.2) is 29.5 Å². The van der Waals surface area contributed by atoms with E-state index in [1.54, 1.807) is 18.2 Å². The Hall–Kier alpha value is -2.57. The molecule has 0 saturated carbocycles. The molecule has 1 heterocycles. The van der Waals surface area contributed by atoms with Crippen molar-refractivity contribution < 1.29 is 9.21 Å². The second kappa shape index (κ2) is 8.41. The maximum absolute atomic E-state index is 12.1. The molecule has 1 amide bonds. The number of carbonyl (C=O) groups excluding carboxylic acids is 1. The van der Waals surface area contributed by atoms with Gasteiger partial charge >= 0.3 is 5.76 Å². The van der Waals surface area contributed by atoms with Crippen molar-refractivity contribution in [2.24, 2.45) is 0 Å². The molecular formula is C20H22ClN3O3. The first-order valence-corrected chi connectivity index (χ1v) is 9.08. The number of nitrogens with one attached hydrogen (secondary N) is 1. The summed E-state index contributed by atoms with van der Waals surface area (Å²) in [7, 11) is 4.05. The number of benzene rings is 2. The molecule has 3 rings (SSSR count). The Bertz CT molecular complexity index is 990. The molecule has 3 aromatic rings. The highest BCUT2D eigenvalue weighted by molar-refractivity contribution is 6.31. The van der Waals surface area contributed by atoms with E-state index in [2.05, 4.69) is 22.3 Å². The lowest BCUT2D eigenvalue weighted by atomic mass is 10.1. The zero-order chi connectivity index (χ0) is 19.4. The molecular weight excluding hydrogens is 366 g/mol. The Balaban J connectivity index is 1.54. The minimum absolute atomic E-state index is 0.123. The average Bonchev–Trinajstić information content (AvgIpc) is 2.93. The summed E-state index contributed by atoms with van der Waals surface area (Å²) in [5, 5.41) is 3.38. The zero-order valence-corrected chi connectivity index (χ0v) is 16.1. The van der Waals surface area contributed by atoms with Crippen LogP contribution in [0.2, 0.25) is 5.02 Å². The second-order valence-corrected chi connectivity index (χ2v) is 7.15. The van der Waals surface area contributed by atoms with Gasteiger partial charge < -0.3 is 14.6 Å². The molecule has 142 valence electrons. The molecule has 1 N–H and O–H groups in total. The molecule has 0 aliphatic rings. The average molecular weight is 388 g/mol. The van der Waals surface area contributed by atoms with Crippen molar-refractivity contribution in [1.29, 1.82) is 0 Å². The number of rotatable bonds is 7. The molecule has 1 aromatic heterocycles. The third kappa shape index (κ3) is 4.99. The van der Waals surface area contributed by atoms with Crippen LogP contribution in [0.25, 0.3) is 11.1 Å². The summed E-state index contributed by atoms with van der Waals surface area (Å²) >= 11 is 5.90. The molecule has 0 fully saturated rings. The van der Waals surface area contributed by atoms with Crippen LogP contribution in [0, 0.1) is 0 Å². The normalized spacial score (nSPS) is 11.3. The van der Waals surface area contributed by atoms with Crippen LogP contribution < -0.4 is 11.1 Å². The zero-order valence-electron chi connectivity index (χ0n) is 15.4. The number of oxazole rings is 1. The standard InChI is InChI=1S/C20H22ClN3O3/c1-23(2)13-15-5-3-14(4-6-15)12-22-19(25)9-10-24-17-8-7-16(21)11-18(17)27-20(24)26/h3-8,11H,9-10,12-13H2,1-2H3,(H,22,25). The molecule has 0 aliphatic heterocycles. The monoisotopic (exact) mass is 387 g/mol. The van der Waals surface area contributed by atoms with Crippen LogP contribution in [0.4, 0.5) is 0 Å². The van der Waals surface area contributed by atoms with Gasteiger partial charge in [0.25, 0.3) is 0 Å². The van der Waals surface area contributed by atoms with Gasteiger partial charge in [0.1, 0.15) is 0 Å². The molecule has 27 heavy (non-hydrogen) atoms. The van der Waals surface area contributed by atoms with Crippen LogP contribution in [0.5, 0.6) is 0 Å². The van der Waals surface area contributed by atoms with E-state index in [4.69, 9.17) is 16.0 Å². The number of hydrogen-bond donors (Lipinski definition) is 1. The third-order valence-electron chi connectivity index (χ3n) is 4.20. The van der Waals surface area contributed by atoms with E-state index in [0.29, 0.717) is 22.7 Å². The molecule has 0 saturated heterocycles. The molecule has 0 aliphatic carbocycles. The fourth-order valence-electron chi connectivity index (χ4n) is 2.88. The smallest absolute Gasteiger partial charge is 0.408 e. The first-order valence-electron chi connectivity index (χ1n) is 8.70. The van der Waals surface area contributed by atoms with Crippen molar-refractivity contribution in [1.82, 2.24) is 14.8 Å². The minimum Gasteiger partial charge on any atom is -0.408 e. The van der Waals surface area contributed by atoms with E-state index >= 15 is 0 Å². The number of aromatic nitrogens is 1. The number of halogens is 1. The van der Waals surface area contributed by atoms with Gasteiger partial charge in [-0.3, -0.25) is 9.36 Å². The van der Waals surface area contributed by atoms with Gasteiger partial charge in [0, 0.05) is 37.1 Å². The Kier molecular flexibility index (Phi) is 5.98. The summed E-state index contributed by atoms with van der Waals surface area (Å²) in [4.78, 5) is 26.2. The molecule has 6 nitrogen and oxygen atoms in total.